The molecular formula is C11H14N2O3S. The van der Waals surface area contributed by atoms with Crippen molar-refractivity contribution in [1.82, 2.24) is 0 Å². The molecule has 1 aromatic rings. The van der Waals surface area contributed by atoms with Crippen LogP contribution in [0.3, 0.4) is 0 Å². The molecule has 1 amide bonds. The minimum Gasteiger partial charge on any atom is -0.480 e. The number of carbonyl (C=O) groups excluding carboxylic acids is 1. The van der Waals surface area contributed by atoms with Crippen LogP contribution in [0.1, 0.15) is 15.9 Å². The van der Waals surface area contributed by atoms with Gasteiger partial charge in [-0.3, -0.25) is 9.59 Å². The van der Waals surface area contributed by atoms with E-state index in [9.17, 15) is 9.59 Å². The van der Waals surface area contributed by atoms with E-state index < -0.39 is 17.9 Å². The maximum atomic E-state index is 10.8. The fourth-order valence-corrected chi connectivity index (χ4v) is 2.08. The van der Waals surface area contributed by atoms with Crippen molar-refractivity contribution in [3.63, 3.8) is 0 Å². The molecule has 0 heterocycles. The van der Waals surface area contributed by atoms with E-state index in [1.165, 1.54) is 11.8 Å². The number of amides is 1. The zero-order valence-corrected chi connectivity index (χ0v) is 9.94. The number of nitrogens with two attached hydrogens (primary N) is 2. The molecule has 92 valence electrons. The summed E-state index contributed by atoms with van der Waals surface area (Å²) >= 11 is 1.44. The average Bonchev–Trinajstić information content (AvgIpc) is 2.29. The summed E-state index contributed by atoms with van der Waals surface area (Å²) in [5.74, 6) is -0.453. The third kappa shape index (κ3) is 4.46. The molecule has 1 atom stereocenters. The Morgan fingerprint density at radius 1 is 1.29 bits per heavy atom. The van der Waals surface area contributed by atoms with Gasteiger partial charge < -0.3 is 16.6 Å². The van der Waals surface area contributed by atoms with Crippen LogP contribution in [0, 0.1) is 0 Å². The van der Waals surface area contributed by atoms with E-state index in [1.54, 1.807) is 24.3 Å². The largest absolute Gasteiger partial charge is 0.480 e. The average molecular weight is 254 g/mol. The van der Waals surface area contributed by atoms with E-state index >= 15 is 0 Å². The van der Waals surface area contributed by atoms with Crippen LogP contribution in [-0.4, -0.2) is 28.8 Å². The lowest BCUT2D eigenvalue weighted by molar-refractivity contribution is -0.137. The van der Waals surface area contributed by atoms with Crippen LogP contribution in [0.15, 0.2) is 24.3 Å². The number of carboxylic acid groups (broad SMARTS) is 1. The fraction of sp³-hybridized carbons (Fsp3) is 0.273. The van der Waals surface area contributed by atoms with E-state index in [-0.39, 0.29) is 0 Å². The molecule has 0 aliphatic rings. The second-order valence-electron chi connectivity index (χ2n) is 3.52. The van der Waals surface area contributed by atoms with Crippen molar-refractivity contribution >= 4 is 23.6 Å². The molecule has 5 nitrogen and oxygen atoms in total. The molecule has 0 spiro atoms. The number of rotatable bonds is 6. The smallest absolute Gasteiger partial charge is 0.321 e. The molecule has 17 heavy (non-hydrogen) atoms. The first-order valence-corrected chi connectivity index (χ1v) is 6.11. The highest BCUT2D eigenvalue weighted by molar-refractivity contribution is 7.98. The van der Waals surface area contributed by atoms with Crippen LogP contribution in [0.25, 0.3) is 0 Å². The number of carbonyl (C=O) groups is 2. The van der Waals surface area contributed by atoms with E-state index in [4.69, 9.17) is 16.6 Å². The maximum Gasteiger partial charge on any atom is 0.321 e. The maximum absolute atomic E-state index is 10.8. The quantitative estimate of drug-likeness (QED) is 0.682. The molecule has 0 saturated carbocycles. The summed E-state index contributed by atoms with van der Waals surface area (Å²) in [4.78, 5) is 21.3. The number of primary amides is 1. The summed E-state index contributed by atoms with van der Waals surface area (Å²) < 4.78 is 0. The standard InChI is InChI=1S/C11H14N2O3S/c12-9(11(15)16)6-17-5-7-1-3-8(4-2-7)10(13)14/h1-4,9H,5-6,12H2,(H2,13,14)(H,15,16). The van der Waals surface area contributed by atoms with Crippen LogP contribution in [0.4, 0.5) is 0 Å². The molecular weight excluding hydrogens is 240 g/mol. The lowest BCUT2D eigenvalue weighted by Gasteiger charge is -2.06. The Balaban J connectivity index is 2.42. The van der Waals surface area contributed by atoms with Gasteiger partial charge in [-0.15, -0.1) is 0 Å². The minimum atomic E-state index is -0.999. The highest BCUT2D eigenvalue weighted by Gasteiger charge is 2.10. The molecule has 0 aromatic heterocycles. The summed E-state index contributed by atoms with van der Waals surface area (Å²) in [5, 5.41) is 8.59. The first kappa shape index (κ1) is 13.5. The van der Waals surface area contributed by atoms with Crippen molar-refractivity contribution in [2.45, 2.75) is 11.8 Å². The van der Waals surface area contributed by atoms with Crippen molar-refractivity contribution in [3.05, 3.63) is 35.4 Å². The summed E-state index contributed by atoms with van der Waals surface area (Å²) in [6.07, 6.45) is 0. The van der Waals surface area contributed by atoms with Gasteiger partial charge in [0.15, 0.2) is 0 Å². The van der Waals surface area contributed by atoms with E-state index in [2.05, 4.69) is 0 Å². The van der Waals surface area contributed by atoms with Crippen LogP contribution in [0.2, 0.25) is 0 Å². The Morgan fingerprint density at radius 2 is 1.88 bits per heavy atom. The number of benzene rings is 1. The van der Waals surface area contributed by atoms with Crippen LogP contribution >= 0.6 is 11.8 Å². The molecule has 0 fully saturated rings. The number of hydrogen-bond acceptors (Lipinski definition) is 4. The predicted molar refractivity (Wildman–Crippen MR) is 66.7 cm³/mol. The van der Waals surface area contributed by atoms with Crippen molar-refractivity contribution in [2.75, 3.05) is 5.75 Å². The Bertz CT molecular complexity index is 406. The zero-order chi connectivity index (χ0) is 12.8. The van der Waals surface area contributed by atoms with Crippen molar-refractivity contribution in [2.24, 2.45) is 11.5 Å². The van der Waals surface area contributed by atoms with Gasteiger partial charge in [-0.25, -0.2) is 0 Å². The van der Waals surface area contributed by atoms with E-state index in [0.717, 1.165) is 5.56 Å². The second kappa shape index (κ2) is 6.27. The van der Waals surface area contributed by atoms with Crippen molar-refractivity contribution in [3.8, 4) is 0 Å². The molecule has 5 N–H and O–H groups in total. The lowest BCUT2D eigenvalue weighted by atomic mass is 10.1. The fourth-order valence-electron chi connectivity index (χ4n) is 1.14. The van der Waals surface area contributed by atoms with Gasteiger partial charge in [0.05, 0.1) is 0 Å². The van der Waals surface area contributed by atoms with Crippen molar-refractivity contribution in [1.29, 1.82) is 0 Å². The monoisotopic (exact) mass is 254 g/mol. The van der Waals surface area contributed by atoms with Gasteiger partial charge in [-0.05, 0) is 17.7 Å². The number of thioether (sulfide) groups is 1. The molecule has 1 unspecified atom stereocenters. The first-order valence-electron chi connectivity index (χ1n) is 4.95. The van der Waals surface area contributed by atoms with Gasteiger partial charge in [-0.2, -0.15) is 11.8 Å². The van der Waals surface area contributed by atoms with Crippen LogP contribution in [-0.2, 0) is 10.5 Å². The minimum absolute atomic E-state index is 0.354. The summed E-state index contributed by atoms with van der Waals surface area (Å²) in [7, 11) is 0. The van der Waals surface area contributed by atoms with Gasteiger partial charge in [-0.1, -0.05) is 12.1 Å². The summed E-state index contributed by atoms with van der Waals surface area (Å²) in [5.41, 5.74) is 11.9. The van der Waals surface area contributed by atoms with Gasteiger partial charge in [0.2, 0.25) is 5.91 Å². The van der Waals surface area contributed by atoms with Gasteiger partial charge in [0, 0.05) is 17.1 Å². The SMILES string of the molecule is NC(=O)c1ccc(CSCC(N)C(=O)O)cc1. The van der Waals surface area contributed by atoms with E-state index in [1.807, 2.05) is 0 Å². The normalized spacial score (nSPS) is 12.1. The molecule has 1 rings (SSSR count). The van der Waals surface area contributed by atoms with Crippen LogP contribution in [0.5, 0.6) is 0 Å². The number of aliphatic carboxylic acids is 1. The molecule has 0 aliphatic carbocycles. The second-order valence-corrected chi connectivity index (χ2v) is 4.55. The number of hydrogen-bond donors (Lipinski definition) is 3. The first-order chi connectivity index (χ1) is 8.00. The van der Waals surface area contributed by atoms with E-state index in [0.29, 0.717) is 17.1 Å². The molecule has 6 heteroatoms. The van der Waals surface area contributed by atoms with Crippen molar-refractivity contribution < 1.29 is 14.7 Å². The third-order valence-electron chi connectivity index (χ3n) is 2.12. The topological polar surface area (TPSA) is 106 Å². The molecule has 0 bridgehead atoms. The summed E-state index contributed by atoms with van der Waals surface area (Å²) in [6.45, 7) is 0. The molecule has 0 saturated heterocycles. The van der Waals surface area contributed by atoms with Crippen LogP contribution < -0.4 is 11.5 Å². The lowest BCUT2D eigenvalue weighted by Crippen LogP contribution is -2.32. The Hall–Kier alpha value is -1.53. The van der Waals surface area contributed by atoms with Gasteiger partial charge >= 0.3 is 5.97 Å². The highest BCUT2D eigenvalue weighted by atomic mass is 32.2. The van der Waals surface area contributed by atoms with Gasteiger partial charge in [0.1, 0.15) is 6.04 Å². The number of carboxylic acids is 1. The third-order valence-corrected chi connectivity index (χ3v) is 3.25. The van der Waals surface area contributed by atoms with Gasteiger partial charge in [0.25, 0.3) is 0 Å². The molecule has 0 aliphatic heterocycles. The predicted octanol–water partition coefficient (Wildman–Crippen LogP) is 0.431. The summed E-state index contributed by atoms with van der Waals surface area (Å²) in [6, 6.07) is 6.04. The molecule has 1 aromatic carbocycles. The zero-order valence-electron chi connectivity index (χ0n) is 9.13. The Labute approximate surface area is 103 Å². The highest BCUT2D eigenvalue weighted by Crippen LogP contribution is 2.13. The molecule has 0 radical (unpaired) electrons. The Kier molecular flexibility index (Phi) is 4.99. The Morgan fingerprint density at radius 3 is 2.35 bits per heavy atom.